The van der Waals surface area contributed by atoms with E-state index in [9.17, 15) is 4.79 Å². The van der Waals surface area contributed by atoms with Crippen LogP contribution in [0.25, 0.3) is 11.1 Å². The molecule has 6 nitrogen and oxygen atoms in total. The summed E-state index contributed by atoms with van der Waals surface area (Å²) in [4.78, 5) is 13.6. The SMILES string of the molecule is CCCNc1ccc(-c2ccc(NCCC(=O)N(CCO)CCO)cc2)cc1. The first-order valence-electron chi connectivity index (χ1n) is 9.85. The number of aliphatic hydroxyl groups excluding tert-OH is 2. The van der Waals surface area contributed by atoms with Crippen LogP contribution in [-0.4, -0.2) is 60.4 Å². The Hall–Kier alpha value is -2.57. The third-order valence-corrected chi connectivity index (χ3v) is 4.44. The molecule has 0 saturated carbocycles. The maximum atomic E-state index is 12.1. The predicted octanol–water partition coefficient (Wildman–Crippen LogP) is 2.79. The Balaban J connectivity index is 1.84. The third-order valence-electron chi connectivity index (χ3n) is 4.44. The van der Waals surface area contributed by atoms with Gasteiger partial charge in [0.2, 0.25) is 5.91 Å². The number of aliphatic hydroxyl groups is 2. The van der Waals surface area contributed by atoms with Gasteiger partial charge in [0, 0.05) is 44.0 Å². The van der Waals surface area contributed by atoms with Crippen LogP contribution in [0.4, 0.5) is 11.4 Å². The number of carbonyl (C=O) groups is 1. The van der Waals surface area contributed by atoms with Crippen LogP contribution in [0.1, 0.15) is 19.8 Å². The second kappa shape index (κ2) is 12.0. The number of benzene rings is 2. The minimum absolute atomic E-state index is 0.0796. The van der Waals surface area contributed by atoms with Gasteiger partial charge in [-0.05, 0) is 41.8 Å². The molecule has 0 aromatic heterocycles. The number of anilines is 2. The molecule has 0 radical (unpaired) electrons. The number of hydrogen-bond acceptors (Lipinski definition) is 5. The molecule has 0 spiro atoms. The fourth-order valence-corrected chi connectivity index (χ4v) is 2.90. The Bertz CT molecular complexity index is 696. The van der Waals surface area contributed by atoms with Gasteiger partial charge in [0.1, 0.15) is 0 Å². The topological polar surface area (TPSA) is 84.8 Å². The number of rotatable bonds is 12. The lowest BCUT2D eigenvalue weighted by molar-refractivity contribution is -0.131. The fourth-order valence-electron chi connectivity index (χ4n) is 2.90. The van der Waals surface area contributed by atoms with E-state index in [2.05, 4.69) is 54.0 Å². The second-order valence-corrected chi connectivity index (χ2v) is 6.59. The van der Waals surface area contributed by atoms with E-state index in [1.165, 1.54) is 4.90 Å². The summed E-state index contributed by atoms with van der Waals surface area (Å²) in [5.74, 6) is -0.0796. The van der Waals surface area contributed by atoms with Crippen molar-refractivity contribution in [1.82, 2.24) is 4.90 Å². The predicted molar refractivity (Wildman–Crippen MR) is 115 cm³/mol. The van der Waals surface area contributed by atoms with Crippen molar-refractivity contribution in [2.45, 2.75) is 19.8 Å². The normalized spacial score (nSPS) is 10.5. The van der Waals surface area contributed by atoms with Crippen molar-refractivity contribution < 1.29 is 15.0 Å². The Morgan fingerprint density at radius 2 is 1.29 bits per heavy atom. The number of hydrogen-bond donors (Lipinski definition) is 4. The van der Waals surface area contributed by atoms with Gasteiger partial charge >= 0.3 is 0 Å². The number of amides is 1. The zero-order valence-corrected chi connectivity index (χ0v) is 16.5. The zero-order valence-electron chi connectivity index (χ0n) is 16.5. The minimum atomic E-state index is -0.101. The van der Waals surface area contributed by atoms with Gasteiger partial charge < -0.3 is 25.7 Å². The zero-order chi connectivity index (χ0) is 20.2. The van der Waals surface area contributed by atoms with E-state index in [4.69, 9.17) is 10.2 Å². The van der Waals surface area contributed by atoms with Gasteiger partial charge in [-0.3, -0.25) is 4.79 Å². The average molecular weight is 386 g/mol. The van der Waals surface area contributed by atoms with E-state index < -0.39 is 0 Å². The standard InChI is InChI=1S/C22H31N3O3/c1-2-12-23-20-7-3-18(4-8-20)19-5-9-21(10-6-19)24-13-11-22(28)25(14-16-26)15-17-27/h3-10,23-24,26-27H,2,11-17H2,1H3. The molecule has 0 fully saturated rings. The lowest BCUT2D eigenvalue weighted by Crippen LogP contribution is -2.36. The summed E-state index contributed by atoms with van der Waals surface area (Å²) in [5, 5.41) is 24.6. The first kappa shape index (κ1) is 21.7. The Morgan fingerprint density at radius 1 is 0.821 bits per heavy atom. The van der Waals surface area contributed by atoms with Crippen molar-refractivity contribution in [3.05, 3.63) is 48.5 Å². The Morgan fingerprint density at radius 3 is 1.71 bits per heavy atom. The molecule has 2 rings (SSSR count). The summed E-state index contributed by atoms with van der Waals surface area (Å²) in [7, 11) is 0. The molecular formula is C22H31N3O3. The second-order valence-electron chi connectivity index (χ2n) is 6.59. The van der Waals surface area contributed by atoms with Crippen LogP contribution in [0.3, 0.4) is 0 Å². The van der Waals surface area contributed by atoms with Crippen LogP contribution >= 0.6 is 0 Å². The van der Waals surface area contributed by atoms with Gasteiger partial charge in [0.15, 0.2) is 0 Å². The highest BCUT2D eigenvalue weighted by atomic mass is 16.3. The molecule has 6 heteroatoms. The van der Waals surface area contributed by atoms with E-state index >= 15 is 0 Å². The lowest BCUT2D eigenvalue weighted by Gasteiger charge is -2.20. The van der Waals surface area contributed by atoms with E-state index in [1.807, 2.05) is 12.1 Å². The molecule has 0 atom stereocenters. The molecule has 4 N–H and O–H groups in total. The number of nitrogens with zero attached hydrogens (tertiary/aromatic N) is 1. The quantitative estimate of drug-likeness (QED) is 0.451. The molecule has 0 unspecified atom stereocenters. The van der Waals surface area contributed by atoms with Crippen LogP contribution in [0, 0.1) is 0 Å². The molecule has 2 aromatic carbocycles. The lowest BCUT2D eigenvalue weighted by atomic mass is 10.0. The fraction of sp³-hybridized carbons (Fsp3) is 0.409. The van der Waals surface area contributed by atoms with Crippen LogP contribution in [0.15, 0.2) is 48.5 Å². The number of carbonyl (C=O) groups excluding carboxylic acids is 1. The molecule has 2 aromatic rings. The van der Waals surface area contributed by atoms with Gasteiger partial charge in [-0.15, -0.1) is 0 Å². The van der Waals surface area contributed by atoms with E-state index in [0.717, 1.165) is 35.5 Å². The largest absolute Gasteiger partial charge is 0.395 e. The van der Waals surface area contributed by atoms with Crippen molar-refractivity contribution in [1.29, 1.82) is 0 Å². The van der Waals surface area contributed by atoms with Crippen molar-refractivity contribution in [2.75, 3.05) is 50.0 Å². The van der Waals surface area contributed by atoms with Crippen LogP contribution in [0.5, 0.6) is 0 Å². The smallest absolute Gasteiger partial charge is 0.224 e. The van der Waals surface area contributed by atoms with Gasteiger partial charge in [-0.2, -0.15) is 0 Å². The monoisotopic (exact) mass is 385 g/mol. The molecule has 0 heterocycles. The minimum Gasteiger partial charge on any atom is -0.395 e. The summed E-state index contributed by atoms with van der Waals surface area (Å²) >= 11 is 0. The molecule has 0 bridgehead atoms. The summed E-state index contributed by atoms with van der Waals surface area (Å²) < 4.78 is 0. The Kier molecular flexibility index (Phi) is 9.31. The Labute approximate surface area is 167 Å². The van der Waals surface area contributed by atoms with Crippen LogP contribution < -0.4 is 10.6 Å². The third kappa shape index (κ3) is 6.87. The van der Waals surface area contributed by atoms with Gasteiger partial charge in [0.05, 0.1) is 13.2 Å². The van der Waals surface area contributed by atoms with E-state index in [0.29, 0.717) is 13.0 Å². The van der Waals surface area contributed by atoms with Crippen molar-refractivity contribution in [3.8, 4) is 11.1 Å². The molecule has 0 aliphatic rings. The van der Waals surface area contributed by atoms with Gasteiger partial charge in [-0.25, -0.2) is 0 Å². The summed E-state index contributed by atoms with van der Waals surface area (Å²) in [6.45, 7) is 3.92. The highest BCUT2D eigenvalue weighted by Gasteiger charge is 2.11. The van der Waals surface area contributed by atoms with E-state index in [-0.39, 0.29) is 32.2 Å². The summed E-state index contributed by atoms with van der Waals surface area (Å²) in [5.41, 5.74) is 4.38. The van der Waals surface area contributed by atoms with Crippen LogP contribution in [-0.2, 0) is 4.79 Å². The average Bonchev–Trinajstić information content (AvgIpc) is 2.73. The number of nitrogens with one attached hydrogen (secondary N) is 2. The van der Waals surface area contributed by atoms with Crippen LogP contribution in [0.2, 0.25) is 0 Å². The first-order chi connectivity index (χ1) is 13.7. The van der Waals surface area contributed by atoms with E-state index in [1.54, 1.807) is 0 Å². The first-order valence-corrected chi connectivity index (χ1v) is 9.85. The van der Waals surface area contributed by atoms with Crippen molar-refractivity contribution in [3.63, 3.8) is 0 Å². The summed E-state index contributed by atoms with van der Waals surface area (Å²) in [6, 6.07) is 16.5. The molecule has 0 aliphatic heterocycles. The van der Waals surface area contributed by atoms with Gasteiger partial charge in [-0.1, -0.05) is 31.2 Å². The maximum absolute atomic E-state index is 12.1. The molecule has 152 valence electrons. The summed E-state index contributed by atoms with van der Waals surface area (Å²) in [6.07, 6.45) is 1.41. The maximum Gasteiger partial charge on any atom is 0.224 e. The molecule has 0 aliphatic carbocycles. The molecular weight excluding hydrogens is 354 g/mol. The van der Waals surface area contributed by atoms with Crippen molar-refractivity contribution >= 4 is 17.3 Å². The highest BCUT2D eigenvalue weighted by molar-refractivity contribution is 5.76. The molecule has 0 saturated heterocycles. The molecule has 28 heavy (non-hydrogen) atoms. The molecule has 1 amide bonds. The van der Waals surface area contributed by atoms with Gasteiger partial charge in [0.25, 0.3) is 0 Å². The van der Waals surface area contributed by atoms with Crippen molar-refractivity contribution in [2.24, 2.45) is 0 Å². The highest BCUT2D eigenvalue weighted by Crippen LogP contribution is 2.23.